The van der Waals surface area contributed by atoms with Gasteiger partial charge in [0.1, 0.15) is 12.1 Å². The fourth-order valence-electron chi connectivity index (χ4n) is 2.72. The van der Waals surface area contributed by atoms with E-state index < -0.39 is 0 Å². The van der Waals surface area contributed by atoms with E-state index in [9.17, 15) is 4.79 Å². The van der Waals surface area contributed by atoms with Crippen molar-refractivity contribution in [2.75, 3.05) is 16.0 Å². The lowest BCUT2D eigenvalue weighted by molar-refractivity contribution is 0.262. The van der Waals surface area contributed by atoms with Gasteiger partial charge in [0.25, 0.3) is 0 Å². The number of para-hydroxylation sites is 1. The highest BCUT2D eigenvalue weighted by molar-refractivity contribution is 9.10. The molecular formula is C21H16BrN5O. The highest BCUT2D eigenvalue weighted by atomic mass is 79.9. The average Bonchev–Trinajstić information content (AvgIpc) is 2.71. The summed E-state index contributed by atoms with van der Waals surface area (Å²) in [5, 5.41) is 9.75. The molecule has 0 saturated carbocycles. The van der Waals surface area contributed by atoms with Crippen LogP contribution in [-0.4, -0.2) is 16.0 Å². The monoisotopic (exact) mass is 433 g/mol. The SMILES string of the molecule is O=C(Nc1ccc(Br)cc1)Nc1ccc2ncnc(Nc3ccccc3)c2c1. The Balaban J connectivity index is 1.55. The number of carbonyl (C=O) groups excluding carboxylic acids is 1. The fraction of sp³-hybridized carbons (Fsp3) is 0. The van der Waals surface area contributed by atoms with Crippen LogP contribution in [0.2, 0.25) is 0 Å². The highest BCUT2D eigenvalue weighted by Crippen LogP contribution is 2.26. The summed E-state index contributed by atoms with van der Waals surface area (Å²) >= 11 is 3.37. The molecule has 0 spiro atoms. The van der Waals surface area contributed by atoms with Gasteiger partial charge in [-0.3, -0.25) is 0 Å². The van der Waals surface area contributed by atoms with E-state index in [1.54, 1.807) is 0 Å². The number of hydrogen-bond donors (Lipinski definition) is 3. The number of halogens is 1. The van der Waals surface area contributed by atoms with Crippen LogP contribution in [0.15, 0.2) is 83.6 Å². The third-order valence-corrected chi connectivity index (χ3v) is 4.56. The summed E-state index contributed by atoms with van der Waals surface area (Å²) in [5.41, 5.74) is 3.06. The van der Waals surface area contributed by atoms with Crippen LogP contribution in [0.3, 0.4) is 0 Å². The van der Waals surface area contributed by atoms with Gasteiger partial charge in [0.2, 0.25) is 0 Å². The first-order valence-corrected chi connectivity index (χ1v) is 9.37. The average molecular weight is 434 g/mol. The largest absolute Gasteiger partial charge is 0.340 e. The van der Waals surface area contributed by atoms with E-state index in [0.29, 0.717) is 17.2 Å². The lowest BCUT2D eigenvalue weighted by Gasteiger charge is -2.11. The first-order valence-electron chi connectivity index (χ1n) is 8.58. The second-order valence-electron chi connectivity index (χ2n) is 6.03. The first-order chi connectivity index (χ1) is 13.7. The zero-order chi connectivity index (χ0) is 19.3. The zero-order valence-corrected chi connectivity index (χ0v) is 16.3. The van der Waals surface area contributed by atoms with Crippen molar-refractivity contribution in [2.45, 2.75) is 0 Å². The van der Waals surface area contributed by atoms with Gasteiger partial charge in [0.15, 0.2) is 0 Å². The number of rotatable bonds is 4. The summed E-state index contributed by atoms with van der Waals surface area (Å²) in [4.78, 5) is 20.9. The van der Waals surface area contributed by atoms with Crippen LogP contribution in [0.25, 0.3) is 10.9 Å². The summed E-state index contributed by atoms with van der Waals surface area (Å²) in [5.74, 6) is 0.674. The van der Waals surface area contributed by atoms with Gasteiger partial charge in [-0.05, 0) is 54.6 Å². The molecule has 0 fully saturated rings. The molecule has 138 valence electrons. The molecule has 0 aliphatic carbocycles. The quantitative estimate of drug-likeness (QED) is 0.381. The molecule has 3 N–H and O–H groups in total. The lowest BCUT2D eigenvalue weighted by atomic mass is 10.2. The summed E-state index contributed by atoms with van der Waals surface area (Å²) < 4.78 is 0.950. The van der Waals surface area contributed by atoms with Gasteiger partial charge in [-0.1, -0.05) is 34.1 Å². The Labute approximate surface area is 170 Å². The highest BCUT2D eigenvalue weighted by Gasteiger charge is 2.08. The van der Waals surface area contributed by atoms with Crippen molar-refractivity contribution in [2.24, 2.45) is 0 Å². The molecule has 4 rings (SSSR count). The number of amides is 2. The fourth-order valence-corrected chi connectivity index (χ4v) is 2.98. The minimum Gasteiger partial charge on any atom is -0.340 e. The maximum Gasteiger partial charge on any atom is 0.323 e. The van der Waals surface area contributed by atoms with Gasteiger partial charge in [-0.25, -0.2) is 14.8 Å². The molecule has 0 atom stereocenters. The van der Waals surface area contributed by atoms with Crippen LogP contribution < -0.4 is 16.0 Å². The summed E-state index contributed by atoms with van der Waals surface area (Å²) in [6.07, 6.45) is 1.51. The number of carbonyl (C=O) groups is 1. The Kier molecular flexibility index (Phi) is 5.16. The topological polar surface area (TPSA) is 78.9 Å². The van der Waals surface area contributed by atoms with Crippen LogP contribution in [0.5, 0.6) is 0 Å². The number of anilines is 4. The Morgan fingerprint density at radius 2 is 1.50 bits per heavy atom. The molecule has 7 heteroatoms. The Morgan fingerprint density at radius 1 is 0.786 bits per heavy atom. The second-order valence-corrected chi connectivity index (χ2v) is 6.95. The molecule has 0 radical (unpaired) electrons. The van der Waals surface area contributed by atoms with Crippen LogP contribution >= 0.6 is 15.9 Å². The molecule has 4 aromatic rings. The van der Waals surface area contributed by atoms with Crippen LogP contribution in [0.1, 0.15) is 0 Å². The van der Waals surface area contributed by atoms with E-state index in [1.165, 1.54) is 6.33 Å². The minimum absolute atomic E-state index is 0.323. The number of nitrogens with zero attached hydrogens (tertiary/aromatic N) is 2. The molecule has 2 amide bonds. The summed E-state index contributed by atoms with van der Waals surface area (Å²) in [6, 6.07) is 22.3. The molecule has 0 unspecified atom stereocenters. The minimum atomic E-state index is -0.323. The van der Waals surface area contributed by atoms with E-state index in [-0.39, 0.29) is 6.03 Å². The van der Waals surface area contributed by atoms with Crippen molar-refractivity contribution in [3.63, 3.8) is 0 Å². The maximum absolute atomic E-state index is 12.3. The van der Waals surface area contributed by atoms with Crippen molar-refractivity contribution in [3.8, 4) is 0 Å². The Morgan fingerprint density at radius 3 is 2.29 bits per heavy atom. The normalized spacial score (nSPS) is 10.5. The van der Waals surface area contributed by atoms with Gasteiger partial charge in [-0.2, -0.15) is 0 Å². The molecule has 0 aliphatic rings. The molecule has 6 nitrogen and oxygen atoms in total. The molecule has 0 saturated heterocycles. The van der Waals surface area contributed by atoms with E-state index in [4.69, 9.17) is 0 Å². The maximum atomic E-state index is 12.3. The van der Waals surface area contributed by atoms with Gasteiger partial charge in [-0.15, -0.1) is 0 Å². The third kappa shape index (κ3) is 4.27. The van der Waals surface area contributed by atoms with Crippen molar-refractivity contribution < 1.29 is 4.79 Å². The van der Waals surface area contributed by atoms with Crippen LogP contribution in [0, 0.1) is 0 Å². The summed E-state index contributed by atoms with van der Waals surface area (Å²) in [7, 11) is 0. The molecule has 1 aromatic heterocycles. The van der Waals surface area contributed by atoms with Crippen LogP contribution in [-0.2, 0) is 0 Å². The van der Waals surface area contributed by atoms with Crippen LogP contribution in [0.4, 0.5) is 27.7 Å². The molecule has 1 heterocycles. The predicted octanol–water partition coefficient (Wildman–Crippen LogP) is 5.78. The number of nitrogens with one attached hydrogen (secondary N) is 3. The number of hydrogen-bond acceptors (Lipinski definition) is 4. The third-order valence-electron chi connectivity index (χ3n) is 4.03. The van der Waals surface area contributed by atoms with Crippen molar-refractivity contribution in [3.05, 3.63) is 83.6 Å². The first kappa shape index (κ1) is 17.9. The number of fused-ring (bicyclic) bond motifs is 1. The van der Waals surface area contributed by atoms with Gasteiger partial charge < -0.3 is 16.0 Å². The van der Waals surface area contributed by atoms with Crippen molar-refractivity contribution in [1.82, 2.24) is 9.97 Å². The smallest absolute Gasteiger partial charge is 0.323 e. The Bertz CT molecular complexity index is 1120. The van der Waals surface area contributed by atoms with Crippen molar-refractivity contribution in [1.29, 1.82) is 0 Å². The number of urea groups is 1. The lowest BCUT2D eigenvalue weighted by Crippen LogP contribution is -2.19. The zero-order valence-electron chi connectivity index (χ0n) is 14.7. The summed E-state index contributed by atoms with van der Waals surface area (Å²) in [6.45, 7) is 0. The standard InChI is InChI=1S/C21H16BrN5O/c22-14-6-8-16(9-7-14)26-21(28)27-17-10-11-19-18(12-17)20(24-13-23-19)25-15-4-2-1-3-5-15/h1-13H,(H,23,24,25)(H2,26,27,28). The van der Waals surface area contributed by atoms with Gasteiger partial charge >= 0.3 is 6.03 Å². The second kappa shape index (κ2) is 8.06. The predicted molar refractivity (Wildman–Crippen MR) is 116 cm³/mol. The van der Waals surface area contributed by atoms with E-state index in [2.05, 4.69) is 41.8 Å². The number of aromatic nitrogens is 2. The van der Waals surface area contributed by atoms with E-state index >= 15 is 0 Å². The van der Waals surface area contributed by atoms with Gasteiger partial charge in [0.05, 0.1) is 5.52 Å². The van der Waals surface area contributed by atoms with E-state index in [0.717, 1.165) is 21.1 Å². The molecule has 3 aromatic carbocycles. The van der Waals surface area contributed by atoms with Gasteiger partial charge in [0, 0.05) is 26.9 Å². The molecular weight excluding hydrogens is 418 g/mol. The van der Waals surface area contributed by atoms with Crippen molar-refractivity contribution >= 4 is 55.7 Å². The Hall–Kier alpha value is -3.45. The molecule has 0 bridgehead atoms. The molecule has 28 heavy (non-hydrogen) atoms. The van der Waals surface area contributed by atoms with E-state index in [1.807, 2.05) is 72.8 Å². The molecule has 0 aliphatic heterocycles. The number of benzene rings is 3.